The Kier molecular flexibility index (Phi) is 6.97. The molecule has 0 bridgehead atoms. The van der Waals surface area contributed by atoms with Crippen LogP contribution in [-0.2, 0) is 9.47 Å². The first-order valence-electron chi connectivity index (χ1n) is 8.06. The molecule has 1 aliphatic heterocycles. The van der Waals surface area contributed by atoms with Crippen LogP contribution < -0.4 is 0 Å². The maximum atomic E-state index is 8.44. The van der Waals surface area contributed by atoms with Crippen LogP contribution in [0.25, 0.3) is 0 Å². The summed E-state index contributed by atoms with van der Waals surface area (Å²) in [6.07, 6.45) is 6.08. The van der Waals surface area contributed by atoms with Gasteiger partial charge in [0.05, 0.1) is 13.2 Å². The van der Waals surface area contributed by atoms with Gasteiger partial charge in [0.15, 0.2) is 12.4 Å². The quantitative estimate of drug-likeness (QED) is 0.584. The van der Waals surface area contributed by atoms with E-state index in [1.54, 1.807) is 0 Å². The number of hydrogen-bond donors (Lipinski definition) is 0. The lowest BCUT2D eigenvalue weighted by Gasteiger charge is -2.29. The van der Waals surface area contributed by atoms with E-state index in [1.165, 1.54) is 32.1 Å². The third-order valence-corrected chi connectivity index (χ3v) is 3.88. The predicted octanol–water partition coefficient (Wildman–Crippen LogP) is 4.19. The average molecular weight is 297 g/mol. The molecule has 1 aromatic rings. The molecule has 1 aliphatic rings. The smallest absolute Gasteiger partial charge is 0.183 e. The van der Waals surface area contributed by atoms with E-state index in [0.29, 0.717) is 5.92 Å². The SMILES string of the molecule is CCCCCC[C@H]1CO[C@H](c2ccc(C#CC#N)cc2)OC1. The highest BCUT2D eigenvalue weighted by Crippen LogP contribution is 2.27. The van der Waals surface area contributed by atoms with Crippen molar-refractivity contribution in [2.24, 2.45) is 5.92 Å². The second kappa shape index (κ2) is 9.26. The van der Waals surface area contributed by atoms with Crippen LogP contribution in [0.1, 0.15) is 56.4 Å². The van der Waals surface area contributed by atoms with Gasteiger partial charge in [-0.25, -0.2) is 0 Å². The number of unbranched alkanes of at least 4 members (excludes halogenated alkanes) is 3. The molecule has 0 aromatic heterocycles. The minimum Gasteiger partial charge on any atom is -0.348 e. The lowest BCUT2D eigenvalue weighted by atomic mass is 10.0. The molecule has 2 rings (SSSR count). The van der Waals surface area contributed by atoms with Crippen LogP contribution in [0, 0.1) is 29.1 Å². The van der Waals surface area contributed by atoms with Gasteiger partial charge in [0.25, 0.3) is 0 Å². The molecular weight excluding hydrogens is 274 g/mol. The van der Waals surface area contributed by atoms with Crippen LogP contribution in [-0.4, -0.2) is 13.2 Å². The summed E-state index contributed by atoms with van der Waals surface area (Å²) in [7, 11) is 0. The predicted molar refractivity (Wildman–Crippen MR) is 85.8 cm³/mol. The zero-order chi connectivity index (χ0) is 15.6. The molecule has 0 N–H and O–H groups in total. The second-order valence-electron chi connectivity index (χ2n) is 5.70. The molecule has 1 fully saturated rings. The highest BCUT2D eigenvalue weighted by Gasteiger charge is 2.23. The van der Waals surface area contributed by atoms with Crippen LogP contribution in [0.4, 0.5) is 0 Å². The fraction of sp³-hybridized carbons (Fsp3) is 0.526. The van der Waals surface area contributed by atoms with Gasteiger partial charge >= 0.3 is 0 Å². The fourth-order valence-corrected chi connectivity index (χ4v) is 2.59. The Morgan fingerprint density at radius 2 is 1.82 bits per heavy atom. The van der Waals surface area contributed by atoms with Gasteiger partial charge in [-0.1, -0.05) is 50.7 Å². The standard InChI is InChI=1S/C19H23NO2/c1-2-3-4-5-7-17-14-21-19(22-15-17)18-11-9-16(10-12-18)8-6-13-20/h9-12,17,19H,2-5,7,14-15H2,1H3/t17-,19-. The molecule has 1 heterocycles. The van der Waals surface area contributed by atoms with E-state index in [0.717, 1.165) is 24.3 Å². The van der Waals surface area contributed by atoms with Crippen molar-refractivity contribution in [2.45, 2.75) is 45.3 Å². The van der Waals surface area contributed by atoms with Gasteiger partial charge in [-0.15, -0.1) is 0 Å². The van der Waals surface area contributed by atoms with E-state index < -0.39 is 0 Å². The minimum atomic E-state index is -0.273. The summed E-state index contributed by atoms with van der Waals surface area (Å²) < 4.78 is 11.7. The Morgan fingerprint density at radius 1 is 1.09 bits per heavy atom. The molecule has 1 aromatic carbocycles. The van der Waals surface area contributed by atoms with Crippen molar-refractivity contribution in [3.05, 3.63) is 35.4 Å². The van der Waals surface area contributed by atoms with E-state index in [-0.39, 0.29) is 6.29 Å². The summed E-state index contributed by atoms with van der Waals surface area (Å²) in [5, 5.41) is 8.44. The Bertz CT molecular complexity index is 540. The lowest BCUT2D eigenvalue weighted by Crippen LogP contribution is -2.27. The van der Waals surface area contributed by atoms with Crippen LogP contribution >= 0.6 is 0 Å². The first-order chi connectivity index (χ1) is 10.8. The first-order valence-corrected chi connectivity index (χ1v) is 8.06. The maximum Gasteiger partial charge on any atom is 0.183 e. The molecule has 116 valence electrons. The van der Waals surface area contributed by atoms with Gasteiger partial charge in [-0.05, 0) is 18.6 Å². The number of nitrogens with zero attached hydrogens (tertiary/aromatic N) is 1. The largest absolute Gasteiger partial charge is 0.348 e. The van der Waals surface area contributed by atoms with Crippen molar-refractivity contribution in [2.75, 3.05) is 13.2 Å². The summed E-state index contributed by atoms with van der Waals surface area (Å²) in [6.45, 7) is 3.77. The molecule has 0 saturated carbocycles. The van der Waals surface area contributed by atoms with Gasteiger partial charge in [-0.3, -0.25) is 0 Å². The number of rotatable bonds is 6. The Balaban J connectivity index is 1.78. The molecule has 0 atom stereocenters. The number of nitriles is 1. The third kappa shape index (κ3) is 5.19. The molecule has 0 radical (unpaired) electrons. The van der Waals surface area contributed by atoms with E-state index in [9.17, 15) is 0 Å². The second-order valence-corrected chi connectivity index (χ2v) is 5.70. The summed E-state index contributed by atoms with van der Waals surface area (Å²) in [5.41, 5.74) is 1.84. The Morgan fingerprint density at radius 3 is 2.45 bits per heavy atom. The lowest BCUT2D eigenvalue weighted by molar-refractivity contribution is -0.206. The zero-order valence-corrected chi connectivity index (χ0v) is 13.2. The van der Waals surface area contributed by atoms with Crippen molar-refractivity contribution < 1.29 is 9.47 Å². The van der Waals surface area contributed by atoms with Gasteiger partial charge in [0, 0.05) is 23.0 Å². The summed E-state index contributed by atoms with van der Waals surface area (Å²) in [6, 6.07) is 9.50. The van der Waals surface area contributed by atoms with Crippen molar-refractivity contribution in [1.82, 2.24) is 0 Å². The fourth-order valence-electron chi connectivity index (χ4n) is 2.59. The summed E-state index contributed by atoms with van der Waals surface area (Å²) in [4.78, 5) is 0. The van der Waals surface area contributed by atoms with Gasteiger partial charge < -0.3 is 9.47 Å². The van der Waals surface area contributed by atoms with Crippen molar-refractivity contribution in [1.29, 1.82) is 5.26 Å². The van der Waals surface area contributed by atoms with Gasteiger partial charge in [0.1, 0.15) is 0 Å². The van der Waals surface area contributed by atoms with E-state index in [4.69, 9.17) is 14.7 Å². The average Bonchev–Trinajstić information content (AvgIpc) is 2.58. The highest BCUT2D eigenvalue weighted by atomic mass is 16.7. The third-order valence-electron chi connectivity index (χ3n) is 3.88. The summed E-state index contributed by atoms with van der Waals surface area (Å²) >= 11 is 0. The molecular formula is C19H23NO2. The van der Waals surface area contributed by atoms with Gasteiger partial charge in [0.2, 0.25) is 0 Å². The van der Waals surface area contributed by atoms with E-state index >= 15 is 0 Å². The molecule has 1 saturated heterocycles. The molecule has 0 unspecified atom stereocenters. The molecule has 3 heteroatoms. The highest BCUT2D eigenvalue weighted by molar-refractivity contribution is 5.39. The minimum absolute atomic E-state index is 0.273. The van der Waals surface area contributed by atoms with Crippen molar-refractivity contribution in [3.63, 3.8) is 0 Å². The molecule has 3 nitrogen and oxygen atoms in total. The van der Waals surface area contributed by atoms with Crippen LogP contribution in [0.3, 0.4) is 0 Å². The molecule has 0 amide bonds. The maximum absolute atomic E-state index is 8.44. The summed E-state index contributed by atoms with van der Waals surface area (Å²) in [5.74, 6) is 5.69. The monoisotopic (exact) mass is 297 g/mol. The first kappa shape index (κ1) is 16.6. The number of ether oxygens (including phenoxy) is 2. The Labute approximate surface area is 133 Å². The molecule has 0 spiro atoms. The van der Waals surface area contributed by atoms with Crippen molar-refractivity contribution in [3.8, 4) is 17.9 Å². The Hall–Kier alpha value is -1.81. The number of benzene rings is 1. The number of hydrogen-bond acceptors (Lipinski definition) is 3. The van der Waals surface area contributed by atoms with Crippen LogP contribution in [0.2, 0.25) is 0 Å². The van der Waals surface area contributed by atoms with Crippen LogP contribution in [0.5, 0.6) is 0 Å². The van der Waals surface area contributed by atoms with E-state index in [1.807, 2.05) is 30.3 Å². The molecule has 0 aliphatic carbocycles. The normalized spacial score (nSPS) is 20.7. The van der Waals surface area contributed by atoms with Crippen molar-refractivity contribution >= 4 is 0 Å². The topological polar surface area (TPSA) is 42.2 Å². The van der Waals surface area contributed by atoms with Crippen LogP contribution in [0.15, 0.2) is 24.3 Å². The van der Waals surface area contributed by atoms with Gasteiger partial charge in [-0.2, -0.15) is 5.26 Å². The van der Waals surface area contributed by atoms with E-state index in [2.05, 4.69) is 18.8 Å². The zero-order valence-electron chi connectivity index (χ0n) is 13.2. The molecule has 22 heavy (non-hydrogen) atoms.